The first-order chi connectivity index (χ1) is 9.70. The van der Waals surface area contributed by atoms with Gasteiger partial charge in [0.25, 0.3) is 0 Å². The zero-order valence-electron chi connectivity index (χ0n) is 11.7. The predicted molar refractivity (Wildman–Crippen MR) is 72.2 cm³/mol. The molecule has 1 unspecified atom stereocenters. The molecule has 0 aromatic heterocycles. The molecule has 0 spiro atoms. The minimum Gasteiger partial charge on any atom is -0.325 e. The van der Waals surface area contributed by atoms with Crippen molar-refractivity contribution in [2.24, 2.45) is 11.7 Å². The van der Waals surface area contributed by atoms with Crippen molar-refractivity contribution in [1.82, 2.24) is 0 Å². The average molecular weight is 299 g/mol. The molecule has 1 aromatic rings. The molecule has 0 aliphatic heterocycles. The fourth-order valence-corrected chi connectivity index (χ4v) is 1.69. The number of nitrogens with zero attached hydrogens (tertiary/aromatic N) is 1. The van der Waals surface area contributed by atoms with Crippen LogP contribution in [-0.2, 0) is 11.0 Å². The van der Waals surface area contributed by atoms with Crippen molar-refractivity contribution in [2.75, 3.05) is 5.32 Å². The Hall–Kier alpha value is -2.07. The molecular formula is C14H16F3N3O. The fourth-order valence-electron chi connectivity index (χ4n) is 1.69. The number of alkyl halides is 3. The van der Waals surface area contributed by atoms with Crippen molar-refractivity contribution in [3.05, 3.63) is 29.3 Å². The number of hydrogen-bond donors (Lipinski definition) is 2. The molecule has 1 amide bonds. The van der Waals surface area contributed by atoms with E-state index in [0.29, 0.717) is 6.42 Å². The maximum Gasteiger partial charge on any atom is 0.417 e. The van der Waals surface area contributed by atoms with E-state index in [-0.39, 0.29) is 11.6 Å². The van der Waals surface area contributed by atoms with E-state index in [4.69, 9.17) is 11.0 Å². The topological polar surface area (TPSA) is 78.9 Å². The second kappa shape index (κ2) is 6.59. The van der Waals surface area contributed by atoms with Crippen LogP contribution >= 0.6 is 0 Å². The van der Waals surface area contributed by atoms with Gasteiger partial charge in [0.1, 0.15) is 0 Å². The Bertz CT molecular complexity index is 564. The third kappa shape index (κ3) is 4.20. The van der Waals surface area contributed by atoms with Gasteiger partial charge in [0.05, 0.1) is 23.2 Å². The van der Waals surface area contributed by atoms with Crippen LogP contribution in [0.25, 0.3) is 0 Å². The summed E-state index contributed by atoms with van der Waals surface area (Å²) in [6.07, 6.45) is -3.99. The summed E-state index contributed by atoms with van der Waals surface area (Å²) in [7, 11) is 0. The summed E-state index contributed by atoms with van der Waals surface area (Å²) in [5, 5.41) is 11.0. The number of carbonyl (C=O) groups excluding carboxylic acids is 1. The van der Waals surface area contributed by atoms with Crippen LogP contribution in [0.5, 0.6) is 0 Å². The molecule has 2 atom stereocenters. The van der Waals surface area contributed by atoms with Crippen molar-refractivity contribution in [1.29, 1.82) is 5.26 Å². The zero-order chi connectivity index (χ0) is 16.2. The minimum absolute atomic E-state index is 0.0370. The number of hydrogen-bond acceptors (Lipinski definition) is 3. The molecule has 4 nitrogen and oxygen atoms in total. The summed E-state index contributed by atoms with van der Waals surface area (Å²) >= 11 is 0. The standard InChI is InChI=1S/C14H16F3N3O/c1-3-8(2)12(19)13(21)20-10-5-4-9(7-18)11(6-10)14(15,16)17/h4-6,8,12H,3,19H2,1-2H3,(H,20,21)/t8?,12-/m0/s1. The highest BCUT2D eigenvalue weighted by Gasteiger charge is 2.34. The van der Waals surface area contributed by atoms with E-state index in [0.717, 1.165) is 12.1 Å². The molecule has 114 valence electrons. The van der Waals surface area contributed by atoms with Gasteiger partial charge in [-0.2, -0.15) is 18.4 Å². The van der Waals surface area contributed by atoms with Crippen LogP contribution < -0.4 is 11.1 Å². The quantitative estimate of drug-likeness (QED) is 0.897. The third-order valence-corrected chi connectivity index (χ3v) is 3.27. The average Bonchev–Trinajstić information content (AvgIpc) is 2.44. The van der Waals surface area contributed by atoms with Gasteiger partial charge >= 0.3 is 6.18 Å². The largest absolute Gasteiger partial charge is 0.417 e. The molecule has 0 heterocycles. The third-order valence-electron chi connectivity index (χ3n) is 3.27. The second-order valence-electron chi connectivity index (χ2n) is 4.77. The second-order valence-corrected chi connectivity index (χ2v) is 4.77. The number of halogens is 3. The molecule has 1 aromatic carbocycles. The van der Waals surface area contributed by atoms with E-state index in [1.54, 1.807) is 6.92 Å². The molecule has 7 heteroatoms. The van der Waals surface area contributed by atoms with Gasteiger partial charge in [-0.1, -0.05) is 20.3 Å². The van der Waals surface area contributed by atoms with Gasteiger partial charge in [0.2, 0.25) is 5.91 Å². The highest BCUT2D eigenvalue weighted by atomic mass is 19.4. The summed E-state index contributed by atoms with van der Waals surface area (Å²) in [6.45, 7) is 3.64. The van der Waals surface area contributed by atoms with E-state index in [1.165, 1.54) is 12.1 Å². The Morgan fingerprint density at radius 3 is 2.57 bits per heavy atom. The van der Waals surface area contributed by atoms with Gasteiger partial charge in [-0.15, -0.1) is 0 Å². The van der Waals surface area contributed by atoms with Crippen LogP contribution in [0.15, 0.2) is 18.2 Å². The lowest BCUT2D eigenvalue weighted by atomic mass is 9.99. The SMILES string of the molecule is CCC(C)[C@H](N)C(=O)Nc1ccc(C#N)c(C(F)(F)F)c1. The van der Waals surface area contributed by atoms with Crippen LogP contribution in [0, 0.1) is 17.2 Å². The summed E-state index contributed by atoms with van der Waals surface area (Å²) in [5.41, 5.74) is 4.10. The molecule has 3 N–H and O–H groups in total. The highest BCUT2D eigenvalue weighted by molar-refractivity contribution is 5.95. The van der Waals surface area contributed by atoms with Crippen molar-refractivity contribution >= 4 is 11.6 Å². The van der Waals surface area contributed by atoms with Crippen LogP contribution in [0.4, 0.5) is 18.9 Å². The summed E-state index contributed by atoms with van der Waals surface area (Å²) < 4.78 is 38.4. The summed E-state index contributed by atoms with van der Waals surface area (Å²) in [6, 6.07) is 3.67. The lowest BCUT2D eigenvalue weighted by Crippen LogP contribution is -2.40. The van der Waals surface area contributed by atoms with Gasteiger partial charge < -0.3 is 11.1 Å². The maximum absolute atomic E-state index is 12.8. The van der Waals surface area contributed by atoms with E-state index < -0.39 is 29.3 Å². The zero-order valence-corrected chi connectivity index (χ0v) is 11.7. The first-order valence-corrected chi connectivity index (χ1v) is 6.38. The van der Waals surface area contributed by atoms with Gasteiger partial charge in [0, 0.05) is 5.69 Å². The molecule has 0 radical (unpaired) electrons. The van der Waals surface area contributed by atoms with Crippen molar-refractivity contribution in [3.63, 3.8) is 0 Å². The Morgan fingerprint density at radius 1 is 1.48 bits per heavy atom. The number of rotatable bonds is 4. The Morgan fingerprint density at radius 2 is 2.10 bits per heavy atom. The first-order valence-electron chi connectivity index (χ1n) is 6.38. The Labute approximate surface area is 120 Å². The van der Waals surface area contributed by atoms with Gasteiger partial charge in [-0.3, -0.25) is 4.79 Å². The van der Waals surface area contributed by atoms with Crippen LogP contribution in [0.2, 0.25) is 0 Å². The summed E-state index contributed by atoms with van der Waals surface area (Å²) in [4.78, 5) is 11.8. The number of anilines is 1. The first kappa shape index (κ1) is 17.0. The molecular weight excluding hydrogens is 283 g/mol. The van der Waals surface area contributed by atoms with Crippen molar-refractivity contribution < 1.29 is 18.0 Å². The number of amides is 1. The number of nitriles is 1. The van der Waals surface area contributed by atoms with E-state index >= 15 is 0 Å². The molecule has 0 aliphatic rings. The van der Waals surface area contributed by atoms with E-state index in [9.17, 15) is 18.0 Å². The van der Waals surface area contributed by atoms with E-state index in [2.05, 4.69) is 5.32 Å². The monoisotopic (exact) mass is 299 g/mol. The molecule has 0 aliphatic carbocycles. The number of carbonyl (C=O) groups is 1. The normalized spacial score (nSPS) is 14.1. The van der Waals surface area contributed by atoms with Gasteiger partial charge in [0.15, 0.2) is 0 Å². The maximum atomic E-state index is 12.8. The lowest BCUT2D eigenvalue weighted by Gasteiger charge is -2.18. The minimum atomic E-state index is -4.66. The lowest BCUT2D eigenvalue weighted by molar-refractivity contribution is -0.137. The van der Waals surface area contributed by atoms with Gasteiger partial charge in [-0.05, 0) is 24.1 Å². The van der Waals surface area contributed by atoms with Crippen LogP contribution in [0.3, 0.4) is 0 Å². The Balaban J connectivity index is 3.01. The molecule has 0 fully saturated rings. The smallest absolute Gasteiger partial charge is 0.325 e. The van der Waals surface area contributed by atoms with Crippen LogP contribution in [-0.4, -0.2) is 11.9 Å². The molecule has 21 heavy (non-hydrogen) atoms. The number of nitrogens with one attached hydrogen (secondary N) is 1. The van der Waals surface area contributed by atoms with E-state index in [1.807, 2.05) is 6.92 Å². The highest BCUT2D eigenvalue weighted by Crippen LogP contribution is 2.33. The predicted octanol–water partition coefficient (Wildman–Crippen LogP) is 2.89. The summed E-state index contributed by atoms with van der Waals surface area (Å²) in [5.74, 6) is -0.646. The fraction of sp³-hybridized carbons (Fsp3) is 0.429. The van der Waals surface area contributed by atoms with Gasteiger partial charge in [-0.25, -0.2) is 0 Å². The van der Waals surface area contributed by atoms with Crippen LogP contribution in [0.1, 0.15) is 31.4 Å². The Kier molecular flexibility index (Phi) is 5.33. The molecule has 1 rings (SSSR count). The van der Waals surface area contributed by atoms with Crippen molar-refractivity contribution in [3.8, 4) is 6.07 Å². The van der Waals surface area contributed by atoms with Crippen molar-refractivity contribution in [2.45, 2.75) is 32.5 Å². The molecule has 0 bridgehead atoms. The number of benzene rings is 1. The molecule has 0 saturated heterocycles. The number of nitrogens with two attached hydrogens (primary N) is 1. The molecule has 0 saturated carbocycles.